The van der Waals surface area contributed by atoms with Crippen LogP contribution >= 0.6 is 0 Å². The maximum atomic E-state index is 5.59. The van der Waals surface area contributed by atoms with Crippen molar-refractivity contribution in [2.75, 3.05) is 0 Å². The smallest absolute Gasteiger partial charge is 0.0666 e. The fourth-order valence-electron chi connectivity index (χ4n) is 8.18. The first-order valence-electron chi connectivity index (χ1n) is 19.7. The van der Waals surface area contributed by atoms with Crippen LogP contribution in [-0.4, -0.2) is 10.3 Å². The van der Waals surface area contributed by atoms with E-state index in [1.165, 1.54) is 84.5 Å². The van der Waals surface area contributed by atoms with Crippen molar-refractivity contribution in [3.05, 3.63) is 180 Å². The van der Waals surface area contributed by atoms with Gasteiger partial charge < -0.3 is 4.57 Å². The lowest BCUT2D eigenvalue weighted by Gasteiger charge is -2.19. The number of nitrogens with zero attached hydrogens (tertiary/aromatic N) is 2. The predicted molar refractivity (Wildman–Crippen MR) is 232 cm³/mol. The molecule has 0 bridgehead atoms. The van der Waals surface area contributed by atoms with Crippen molar-refractivity contribution in [1.29, 1.82) is 0 Å². The molecule has 54 heavy (non-hydrogen) atoms. The van der Waals surface area contributed by atoms with Crippen LogP contribution in [0.2, 0.25) is 0 Å². The number of fused-ring (bicyclic) bond motifs is 4. The minimum Gasteiger partial charge on any atom is -0.309 e. The molecule has 1 aliphatic rings. The third kappa shape index (κ3) is 6.26. The maximum Gasteiger partial charge on any atom is 0.0666 e. The average molecular weight is 699 g/mol. The van der Waals surface area contributed by atoms with Crippen LogP contribution in [0.1, 0.15) is 69.1 Å². The van der Waals surface area contributed by atoms with E-state index in [4.69, 9.17) is 4.99 Å². The quantitative estimate of drug-likeness (QED) is 0.127. The van der Waals surface area contributed by atoms with E-state index in [0.717, 1.165) is 29.8 Å². The Kier molecular flexibility index (Phi) is 9.05. The topological polar surface area (TPSA) is 17.3 Å². The molecule has 1 saturated carbocycles. The summed E-state index contributed by atoms with van der Waals surface area (Å²) < 4.78 is 2.52. The van der Waals surface area contributed by atoms with Crippen molar-refractivity contribution >= 4 is 44.0 Å². The van der Waals surface area contributed by atoms with E-state index in [1.807, 2.05) is 0 Å². The van der Waals surface area contributed by atoms with Crippen LogP contribution in [0.15, 0.2) is 169 Å². The number of benzene rings is 7. The van der Waals surface area contributed by atoms with Crippen LogP contribution < -0.4 is 0 Å². The monoisotopic (exact) mass is 698 g/mol. The van der Waals surface area contributed by atoms with Gasteiger partial charge in [-0.05, 0) is 100 Å². The molecule has 1 aromatic heterocycles. The summed E-state index contributed by atoms with van der Waals surface area (Å²) in [7, 11) is 0. The van der Waals surface area contributed by atoms with Crippen molar-refractivity contribution in [3.8, 4) is 27.9 Å². The zero-order chi connectivity index (χ0) is 36.6. The third-order valence-corrected chi connectivity index (χ3v) is 11.3. The Labute approximate surface area is 319 Å². The van der Waals surface area contributed by atoms with Crippen LogP contribution in [-0.2, 0) is 0 Å². The van der Waals surface area contributed by atoms with Crippen molar-refractivity contribution in [2.24, 2.45) is 10.9 Å². The van der Waals surface area contributed by atoms with E-state index in [9.17, 15) is 0 Å². The second-order valence-corrected chi connectivity index (χ2v) is 14.9. The third-order valence-electron chi connectivity index (χ3n) is 11.3. The van der Waals surface area contributed by atoms with E-state index >= 15 is 0 Å². The number of aliphatic imine (C=N–C) groups is 1. The van der Waals surface area contributed by atoms with Gasteiger partial charge >= 0.3 is 0 Å². The normalized spacial score (nSPS) is 14.3. The van der Waals surface area contributed by atoms with Gasteiger partial charge in [0, 0.05) is 21.9 Å². The van der Waals surface area contributed by atoms with E-state index < -0.39 is 0 Å². The van der Waals surface area contributed by atoms with Crippen molar-refractivity contribution in [2.45, 2.75) is 52.4 Å². The molecule has 1 atom stereocenters. The molecule has 1 heterocycles. The second-order valence-electron chi connectivity index (χ2n) is 14.9. The summed E-state index contributed by atoms with van der Waals surface area (Å²) in [6.07, 6.45) is 6.72. The molecule has 2 heteroatoms. The highest BCUT2D eigenvalue weighted by molar-refractivity contribution is 6.14. The fraction of sp³-hybridized carbons (Fsp3) is 0.173. The molecule has 0 amide bonds. The highest BCUT2D eigenvalue weighted by Crippen LogP contribution is 2.47. The number of hydrogen-bond donors (Lipinski definition) is 0. The Hall–Kier alpha value is -5.99. The summed E-state index contributed by atoms with van der Waals surface area (Å²) in [6.45, 7) is 6.78. The second kappa shape index (κ2) is 14.4. The van der Waals surface area contributed by atoms with Crippen LogP contribution in [0.3, 0.4) is 0 Å². The van der Waals surface area contributed by atoms with Gasteiger partial charge in [0.15, 0.2) is 0 Å². The van der Waals surface area contributed by atoms with Gasteiger partial charge in [0.25, 0.3) is 0 Å². The first kappa shape index (κ1) is 33.8. The van der Waals surface area contributed by atoms with E-state index in [2.05, 4.69) is 189 Å². The predicted octanol–water partition coefficient (Wildman–Crippen LogP) is 14.4. The summed E-state index contributed by atoms with van der Waals surface area (Å²) in [5, 5.41) is 5.05. The Bertz CT molecular complexity index is 2690. The standard InChI is InChI=1S/C52H46N2/c1-4-15-48(53-52(35(3)5-2)39-28-24-37(25-29-39)36-16-7-6-8-17-36)42-30-31-46(44-21-12-11-20-43(44)38-26-27-38)50(34-42)54-49-23-14-13-22-45(49)47-32-40-18-9-10-19-41(40)33-51(47)54/h6-25,28-35,38H,4-5,26-27H2,1-3H3/b48-15+,53-52+. The molecular formula is C52H46N2. The molecule has 0 radical (unpaired) electrons. The molecule has 0 aliphatic heterocycles. The molecule has 9 rings (SSSR count). The van der Waals surface area contributed by atoms with Crippen LogP contribution in [0, 0.1) is 5.92 Å². The van der Waals surface area contributed by atoms with Gasteiger partial charge in [-0.3, -0.25) is 4.99 Å². The maximum absolute atomic E-state index is 5.59. The molecule has 0 N–H and O–H groups in total. The van der Waals surface area contributed by atoms with Gasteiger partial charge in [0.05, 0.1) is 28.1 Å². The molecule has 1 aliphatic carbocycles. The van der Waals surface area contributed by atoms with E-state index in [0.29, 0.717) is 11.8 Å². The Morgan fingerprint density at radius 2 is 1.30 bits per heavy atom. The zero-order valence-electron chi connectivity index (χ0n) is 31.5. The Morgan fingerprint density at radius 3 is 2.06 bits per heavy atom. The summed E-state index contributed by atoms with van der Waals surface area (Å²) in [6, 6.07) is 58.2. The minimum absolute atomic E-state index is 0.294. The van der Waals surface area contributed by atoms with Gasteiger partial charge in [-0.25, -0.2) is 0 Å². The highest BCUT2D eigenvalue weighted by Gasteiger charge is 2.28. The largest absolute Gasteiger partial charge is 0.309 e. The minimum atomic E-state index is 0.294. The van der Waals surface area contributed by atoms with Crippen molar-refractivity contribution in [1.82, 2.24) is 4.57 Å². The molecule has 1 fully saturated rings. The van der Waals surface area contributed by atoms with Gasteiger partial charge in [-0.1, -0.05) is 160 Å². The summed E-state index contributed by atoms with van der Waals surface area (Å²) in [5.41, 5.74) is 14.6. The molecule has 264 valence electrons. The summed E-state index contributed by atoms with van der Waals surface area (Å²) in [4.78, 5) is 5.59. The van der Waals surface area contributed by atoms with Gasteiger partial charge in [0.1, 0.15) is 0 Å². The lowest BCUT2D eigenvalue weighted by molar-refractivity contribution is 0.740. The average Bonchev–Trinajstić information content (AvgIpc) is 4.04. The van der Waals surface area contributed by atoms with Crippen LogP contribution in [0.4, 0.5) is 0 Å². The molecule has 2 nitrogen and oxygen atoms in total. The zero-order valence-corrected chi connectivity index (χ0v) is 31.5. The molecule has 8 aromatic rings. The van der Waals surface area contributed by atoms with Crippen molar-refractivity contribution < 1.29 is 0 Å². The number of rotatable bonds is 10. The Morgan fingerprint density at radius 1 is 0.630 bits per heavy atom. The first-order chi connectivity index (χ1) is 26.6. The summed E-state index contributed by atoms with van der Waals surface area (Å²) in [5.74, 6) is 0.921. The van der Waals surface area contributed by atoms with Gasteiger partial charge in [-0.15, -0.1) is 0 Å². The fourth-order valence-corrected chi connectivity index (χ4v) is 8.18. The van der Waals surface area contributed by atoms with Crippen LogP contribution in [0.25, 0.3) is 66.2 Å². The van der Waals surface area contributed by atoms with E-state index in [1.54, 1.807) is 0 Å². The SMILES string of the molecule is CC/C=C(/N=C(/c1ccc(-c2ccccc2)cc1)C(C)CC)c1ccc(-c2ccccc2C2CC2)c(-n2c3ccccc3c3cc4ccccc4cc32)c1. The first-order valence-corrected chi connectivity index (χ1v) is 19.7. The summed E-state index contributed by atoms with van der Waals surface area (Å²) >= 11 is 0. The lowest BCUT2D eigenvalue weighted by atomic mass is 9.92. The molecule has 0 spiro atoms. The molecule has 1 unspecified atom stereocenters. The Balaban J connectivity index is 1.26. The van der Waals surface area contributed by atoms with Crippen molar-refractivity contribution in [3.63, 3.8) is 0 Å². The number of hydrogen-bond acceptors (Lipinski definition) is 1. The number of aromatic nitrogens is 1. The van der Waals surface area contributed by atoms with E-state index in [-0.39, 0.29) is 0 Å². The highest BCUT2D eigenvalue weighted by atomic mass is 15.0. The van der Waals surface area contributed by atoms with Crippen LogP contribution in [0.5, 0.6) is 0 Å². The molecular weight excluding hydrogens is 653 g/mol. The molecule has 7 aromatic carbocycles. The molecule has 0 saturated heterocycles. The number of para-hydroxylation sites is 1. The number of allylic oxidation sites excluding steroid dienone is 1. The lowest BCUT2D eigenvalue weighted by Crippen LogP contribution is -2.12. The van der Waals surface area contributed by atoms with Gasteiger partial charge in [-0.2, -0.15) is 0 Å². The van der Waals surface area contributed by atoms with Gasteiger partial charge in [0.2, 0.25) is 0 Å².